The van der Waals surface area contributed by atoms with E-state index < -0.39 is 0 Å². The normalized spacial score (nSPS) is 11.2. The summed E-state index contributed by atoms with van der Waals surface area (Å²) in [6.07, 6.45) is 0. The summed E-state index contributed by atoms with van der Waals surface area (Å²) in [5.41, 5.74) is 2.37. The fourth-order valence-corrected chi connectivity index (χ4v) is 2.39. The van der Waals surface area contributed by atoms with Gasteiger partial charge in [0.2, 0.25) is 5.91 Å². The van der Waals surface area contributed by atoms with Crippen LogP contribution in [-0.4, -0.2) is 70.3 Å². The van der Waals surface area contributed by atoms with E-state index in [2.05, 4.69) is 35.5 Å². The molecule has 1 aromatic rings. The summed E-state index contributed by atoms with van der Waals surface area (Å²) in [6, 6.07) is 6.17. The van der Waals surface area contributed by atoms with Crippen molar-refractivity contribution in [1.82, 2.24) is 15.5 Å². The first-order valence-corrected chi connectivity index (χ1v) is 8.92. The largest absolute Gasteiger partial charge is 0.492 e. The van der Waals surface area contributed by atoms with Gasteiger partial charge in [-0.15, -0.1) is 0 Å². The topological polar surface area (TPSA) is 75.2 Å². The molecule has 0 unspecified atom stereocenters. The second kappa shape index (κ2) is 12.1. The van der Waals surface area contributed by atoms with Gasteiger partial charge in [-0.2, -0.15) is 0 Å². The van der Waals surface area contributed by atoms with Crippen LogP contribution in [0.4, 0.5) is 0 Å². The molecule has 0 radical (unpaired) electrons. The second-order valence-corrected chi connectivity index (χ2v) is 6.11. The van der Waals surface area contributed by atoms with Gasteiger partial charge in [0.25, 0.3) is 0 Å². The van der Waals surface area contributed by atoms with Gasteiger partial charge >= 0.3 is 0 Å². The lowest BCUT2D eigenvalue weighted by Gasteiger charge is -2.22. The van der Waals surface area contributed by atoms with E-state index in [1.165, 1.54) is 11.1 Å². The Morgan fingerprint density at radius 3 is 2.46 bits per heavy atom. The van der Waals surface area contributed by atoms with Crippen molar-refractivity contribution in [1.29, 1.82) is 0 Å². The number of nitrogens with zero attached hydrogens (tertiary/aromatic N) is 2. The third kappa shape index (κ3) is 8.71. The molecule has 7 heteroatoms. The zero-order chi connectivity index (χ0) is 19.4. The number of hydrogen-bond donors (Lipinski definition) is 2. The smallest absolute Gasteiger partial charge is 0.241 e. The molecule has 1 aromatic carbocycles. The van der Waals surface area contributed by atoms with Crippen LogP contribution in [0.1, 0.15) is 18.1 Å². The van der Waals surface area contributed by atoms with Gasteiger partial charge in [-0.25, -0.2) is 4.99 Å². The molecular formula is C19H32N4O3. The maximum atomic E-state index is 11.8. The quantitative estimate of drug-likeness (QED) is 0.372. The first-order valence-electron chi connectivity index (χ1n) is 8.92. The Kier molecular flexibility index (Phi) is 10.2. The van der Waals surface area contributed by atoms with Gasteiger partial charge in [-0.3, -0.25) is 4.79 Å². The van der Waals surface area contributed by atoms with Crippen LogP contribution < -0.4 is 15.4 Å². The lowest BCUT2D eigenvalue weighted by Crippen LogP contribution is -2.41. The SMILES string of the molecule is CCNC(=NCC(=O)NCCOC)N(C)CCOc1cc(C)cc(C)c1. The van der Waals surface area contributed by atoms with E-state index in [1.807, 2.05) is 31.0 Å². The fraction of sp³-hybridized carbons (Fsp3) is 0.579. The van der Waals surface area contributed by atoms with Crippen molar-refractivity contribution in [3.63, 3.8) is 0 Å². The lowest BCUT2D eigenvalue weighted by molar-refractivity contribution is -0.119. The highest BCUT2D eigenvalue weighted by atomic mass is 16.5. The molecule has 0 heterocycles. The van der Waals surface area contributed by atoms with E-state index in [9.17, 15) is 4.79 Å². The van der Waals surface area contributed by atoms with Gasteiger partial charge in [0.05, 0.1) is 13.2 Å². The van der Waals surface area contributed by atoms with Gasteiger partial charge < -0.3 is 25.0 Å². The first kappa shape index (κ1) is 21.8. The number of benzene rings is 1. The summed E-state index contributed by atoms with van der Waals surface area (Å²) in [4.78, 5) is 18.1. The molecule has 2 N–H and O–H groups in total. The number of carbonyl (C=O) groups excluding carboxylic acids is 1. The zero-order valence-corrected chi connectivity index (χ0v) is 16.6. The highest BCUT2D eigenvalue weighted by molar-refractivity contribution is 5.84. The third-order valence-corrected chi connectivity index (χ3v) is 3.59. The van der Waals surface area contributed by atoms with Crippen molar-refractivity contribution in [3.05, 3.63) is 29.3 Å². The highest BCUT2D eigenvalue weighted by Gasteiger charge is 2.07. The van der Waals surface area contributed by atoms with Crippen LogP contribution in [0.25, 0.3) is 0 Å². The number of hydrogen-bond acceptors (Lipinski definition) is 4. The Morgan fingerprint density at radius 1 is 1.15 bits per heavy atom. The van der Waals surface area contributed by atoms with E-state index >= 15 is 0 Å². The molecule has 0 fully saturated rings. The van der Waals surface area contributed by atoms with Crippen molar-refractivity contribution in [3.8, 4) is 5.75 Å². The van der Waals surface area contributed by atoms with Gasteiger partial charge in [0.15, 0.2) is 5.96 Å². The van der Waals surface area contributed by atoms with E-state index in [0.29, 0.717) is 32.3 Å². The van der Waals surface area contributed by atoms with Crippen LogP contribution in [0, 0.1) is 13.8 Å². The molecule has 0 aromatic heterocycles. The second-order valence-electron chi connectivity index (χ2n) is 6.11. The van der Waals surface area contributed by atoms with Crippen molar-refractivity contribution >= 4 is 11.9 Å². The zero-order valence-electron chi connectivity index (χ0n) is 16.6. The van der Waals surface area contributed by atoms with Gasteiger partial charge in [0.1, 0.15) is 18.9 Å². The lowest BCUT2D eigenvalue weighted by atomic mass is 10.1. The molecule has 26 heavy (non-hydrogen) atoms. The average Bonchev–Trinajstić information content (AvgIpc) is 2.57. The molecule has 0 aliphatic rings. The predicted molar refractivity (Wildman–Crippen MR) is 105 cm³/mol. The summed E-state index contributed by atoms with van der Waals surface area (Å²) in [5, 5.41) is 5.94. The molecule has 0 aliphatic heterocycles. The van der Waals surface area contributed by atoms with Crippen molar-refractivity contribution in [2.45, 2.75) is 20.8 Å². The van der Waals surface area contributed by atoms with E-state index in [4.69, 9.17) is 9.47 Å². The molecule has 0 saturated carbocycles. The summed E-state index contributed by atoms with van der Waals surface area (Å²) in [5.74, 6) is 1.42. The Hall–Kier alpha value is -2.28. The number of carbonyl (C=O) groups is 1. The number of aliphatic imine (C=N–C) groups is 1. The molecular weight excluding hydrogens is 332 g/mol. The molecule has 146 valence electrons. The van der Waals surface area contributed by atoms with Gasteiger partial charge in [0, 0.05) is 27.2 Å². The molecule has 1 amide bonds. The summed E-state index contributed by atoms with van der Waals surface area (Å²) in [6.45, 7) is 9.08. The number of nitrogens with one attached hydrogen (secondary N) is 2. The van der Waals surface area contributed by atoms with Crippen LogP contribution in [0.3, 0.4) is 0 Å². The molecule has 0 saturated heterocycles. The Balaban J connectivity index is 2.49. The maximum absolute atomic E-state index is 11.8. The van der Waals surface area contributed by atoms with E-state index in [-0.39, 0.29) is 12.5 Å². The summed E-state index contributed by atoms with van der Waals surface area (Å²) < 4.78 is 10.7. The minimum atomic E-state index is -0.127. The molecule has 7 nitrogen and oxygen atoms in total. The van der Waals surface area contributed by atoms with Crippen molar-refractivity contribution in [2.75, 3.05) is 53.6 Å². The van der Waals surface area contributed by atoms with E-state index in [1.54, 1.807) is 7.11 Å². The van der Waals surface area contributed by atoms with Crippen molar-refractivity contribution in [2.24, 2.45) is 4.99 Å². The van der Waals surface area contributed by atoms with Crippen LogP contribution in [0.2, 0.25) is 0 Å². The van der Waals surface area contributed by atoms with Gasteiger partial charge in [-0.05, 0) is 44.0 Å². The van der Waals surface area contributed by atoms with Crippen LogP contribution in [0.5, 0.6) is 5.75 Å². The van der Waals surface area contributed by atoms with Crippen molar-refractivity contribution < 1.29 is 14.3 Å². The average molecular weight is 364 g/mol. The number of amides is 1. The molecule has 0 spiro atoms. The Bertz CT molecular complexity index is 570. The standard InChI is InChI=1S/C19H32N4O3/c1-6-20-19(22-14-18(24)21-7-9-25-5)23(4)8-10-26-17-12-15(2)11-16(3)13-17/h11-13H,6-10,14H2,1-5H3,(H,20,22)(H,21,24). The monoisotopic (exact) mass is 364 g/mol. The summed E-state index contributed by atoms with van der Waals surface area (Å²) in [7, 11) is 3.53. The minimum absolute atomic E-state index is 0.0777. The molecule has 0 atom stereocenters. The Labute approximate surface area is 156 Å². The number of ether oxygens (including phenoxy) is 2. The predicted octanol–water partition coefficient (Wildman–Crippen LogP) is 1.34. The number of likely N-dealkylation sites (N-methyl/N-ethyl adjacent to an activating group) is 1. The third-order valence-electron chi connectivity index (χ3n) is 3.59. The fourth-order valence-electron chi connectivity index (χ4n) is 2.39. The van der Waals surface area contributed by atoms with Crippen LogP contribution in [0.15, 0.2) is 23.2 Å². The Morgan fingerprint density at radius 2 is 1.85 bits per heavy atom. The minimum Gasteiger partial charge on any atom is -0.492 e. The molecule has 0 bridgehead atoms. The number of methoxy groups -OCH3 is 1. The highest BCUT2D eigenvalue weighted by Crippen LogP contribution is 2.15. The number of guanidine groups is 1. The first-order chi connectivity index (χ1) is 12.5. The maximum Gasteiger partial charge on any atom is 0.241 e. The van der Waals surface area contributed by atoms with Crippen LogP contribution in [-0.2, 0) is 9.53 Å². The van der Waals surface area contributed by atoms with Crippen LogP contribution >= 0.6 is 0 Å². The number of rotatable bonds is 10. The molecule has 0 aliphatic carbocycles. The van der Waals surface area contributed by atoms with Gasteiger partial charge in [-0.1, -0.05) is 6.07 Å². The number of aryl methyl sites for hydroxylation is 2. The molecule has 1 rings (SSSR count). The van der Waals surface area contributed by atoms with E-state index in [0.717, 1.165) is 12.3 Å². The summed E-state index contributed by atoms with van der Waals surface area (Å²) >= 11 is 0.